The van der Waals surface area contributed by atoms with Crippen LogP contribution in [0.25, 0.3) is 0 Å². The highest BCUT2D eigenvalue weighted by Crippen LogP contribution is 2.33. The fourth-order valence-corrected chi connectivity index (χ4v) is 4.19. The molecule has 0 radical (unpaired) electrons. The zero-order valence-corrected chi connectivity index (χ0v) is 14.5. The first-order valence-electron chi connectivity index (χ1n) is 8.29. The first-order valence-corrected chi connectivity index (χ1v) is 9.34. The SMILES string of the molecule is CCOc1ccc(C(C)NC)cc1CSC1CCCCC1. The quantitative estimate of drug-likeness (QED) is 0.771. The van der Waals surface area contributed by atoms with Crippen LogP contribution in [-0.2, 0) is 5.75 Å². The lowest BCUT2D eigenvalue weighted by Crippen LogP contribution is -2.13. The van der Waals surface area contributed by atoms with Crippen molar-refractivity contribution in [1.82, 2.24) is 5.32 Å². The Labute approximate surface area is 134 Å². The van der Waals surface area contributed by atoms with Gasteiger partial charge in [-0.25, -0.2) is 0 Å². The maximum absolute atomic E-state index is 5.81. The maximum atomic E-state index is 5.81. The lowest BCUT2D eigenvalue weighted by atomic mass is 10.0. The number of hydrogen-bond donors (Lipinski definition) is 1. The molecule has 0 heterocycles. The summed E-state index contributed by atoms with van der Waals surface area (Å²) in [5, 5.41) is 4.16. The number of thioether (sulfide) groups is 1. The molecule has 0 spiro atoms. The van der Waals surface area contributed by atoms with E-state index in [9.17, 15) is 0 Å². The van der Waals surface area contributed by atoms with Gasteiger partial charge in [-0.05, 0) is 51.4 Å². The molecule has 1 saturated carbocycles. The maximum Gasteiger partial charge on any atom is 0.123 e. The van der Waals surface area contributed by atoms with Crippen molar-refractivity contribution in [3.63, 3.8) is 0 Å². The standard InChI is InChI=1S/C18H29NOS/c1-4-20-18-11-10-15(14(2)19-3)12-16(18)13-21-17-8-6-5-7-9-17/h10-12,14,17,19H,4-9,13H2,1-3H3. The molecule has 0 aromatic heterocycles. The largest absolute Gasteiger partial charge is 0.494 e. The second-order valence-corrected chi connectivity index (χ2v) is 7.17. The Bertz CT molecular complexity index is 429. The Kier molecular flexibility index (Phi) is 6.91. The van der Waals surface area contributed by atoms with Gasteiger partial charge in [0, 0.05) is 22.6 Å². The minimum atomic E-state index is 0.388. The van der Waals surface area contributed by atoms with Crippen LogP contribution in [0.3, 0.4) is 0 Å². The third-order valence-corrected chi connectivity index (χ3v) is 5.76. The summed E-state index contributed by atoms with van der Waals surface area (Å²) in [6.07, 6.45) is 7.03. The van der Waals surface area contributed by atoms with Gasteiger partial charge in [0.25, 0.3) is 0 Å². The van der Waals surface area contributed by atoms with Gasteiger partial charge in [0.05, 0.1) is 6.61 Å². The van der Waals surface area contributed by atoms with E-state index in [1.54, 1.807) is 0 Å². The van der Waals surface area contributed by atoms with Gasteiger partial charge in [0.2, 0.25) is 0 Å². The Balaban J connectivity index is 2.05. The Morgan fingerprint density at radius 3 is 2.71 bits per heavy atom. The Morgan fingerprint density at radius 2 is 2.05 bits per heavy atom. The topological polar surface area (TPSA) is 21.3 Å². The highest BCUT2D eigenvalue weighted by Gasteiger charge is 2.15. The lowest BCUT2D eigenvalue weighted by Gasteiger charge is -2.22. The summed E-state index contributed by atoms with van der Waals surface area (Å²) >= 11 is 2.12. The molecule has 1 aromatic carbocycles. The average Bonchev–Trinajstić information content (AvgIpc) is 2.54. The van der Waals surface area contributed by atoms with Crippen molar-refractivity contribution in [1.29, 1.82) is 0 Å². The third-order valence-electron chi connectivity index (χ3n) is 4.34. The van der Waals surface area contributed by atoms with Crippen LogP contribution in [0.2, 0.25) is 0 Å². The number of rotatable bonds is 7. The third kappa shape index (κ3) is 4.93. The van der Waals surface area contributed by atoms with E-state index in [0.717, 1.165) is 23.4 Å². The first kappa shape index (κ1) is 16.7. The molecular formula is C18H29NOS. The van der Waals surface area contributed by atoms with Crippen LogP contribution in [0.4, 0.5) is 0 Å². The molecule has 1 N–H and O–H groups in total. The van der Waals surface area contributed by atoms with E-state index in [1.807, 2.05) is 7.05 Å². The van der Waals surface area contributed by atoms with Crippen molar-refractivity contribution in [2.45, 2.75) is 63.0 Å². The van der Waals surface area contributed by atoms with E-state index in [4.69, 9.17) is 4.74 Å². The molecule has 0 amide bonds. The number of benzene rings is 1. The van der Waals surface area contributed by atoms with Crippen molar-refractivity contribution in [2.24, 2.45) is 0 Å². The van der Waals surface area contributed by atoms with Gasteiger partial charge >= 0.3 is 0 Å². The predicted octanol–water partition coefficient (Wildman–Crippen LogP) is 4.93. The van der Waals surface area contributed by atoms with Crippen LogP contribution >= 0.6 is 11.8 Å². The lowest BCUT2D eigenvalue weighted by molar-refractivity contribution is 0.337. The molecular weight excluding hydrogens is 278 g/mol. The minimum Gasteiger partial charge on any atom is -0.494 e. The highest BCUT2D eigenvalue weighted by molar-refractivity contribution is 7.99. The molecule has 21 heavy (non-hydrogen) atoms. The van der Waals surface area contributed by atoms with Crippen LogP contribution in [0, 0.1) is 0 Å². The smallest absolute Gasteiger partial charge is 0.123 e. The van der Waals surface area contributed by atoms with E-state index < -0.39 is 0 Å². The molecule has 118 valence electrons. The molecule has 1 aromatic rings. The monoisotopic (exact) mass is 307 g/mol. The van der Waals surface area contributed by atoms with Crippen molar-refractivity contribution in [3.05, 3.63) is 29.3 Å². The van der Waals surface area contributed by atoms with Crippen molar-refractivity contribution in [3.8, 4) is 5.75 Å². The number of nitrogens with one attached hydrogen (secondary N) is 1. The molecule has 1 fully saturated rings. The Morgan fingerprint density at radius 1 is 1.29 bits per heavy atom. The summed E-state index contributed by atoms with van der Waals surface area (Å²) in [5.74, 6) is 2.14. The summed E-state index contributed by atoms with van der Waals surface area (Å²) in [4.78, 5) is 0. The summed E-state index contributed by atoms with van der Waals surface area (Å²) in [5.41, 5.74) is 2.70. The van der Waals surface area contributed by atoms with E-state index in [0.29, 0.717) is 6.04 Å². The summed E-state index contributed by atoms with van der Waals surface area (Å²) < 4.78 is 5.81. The number of hydrogen-bond acceptors (Lipinski definition) is 3. The molecule has 2 nitrogen and oxygen atoms in total. The normalized spacial score (nSPS) is 17.7. The van der Waals surface area contributed by atoms with Gasteiger partial charge in [0.15, 0.2) is 0 Å². The fourth-order valence-electron chi connectivity index (χ4n) is 2.88. The molecule has 1 aliphatic rings. The van der Waals surface area contributed by atoms with Crippen LogP contribution in [-0.4, -0.2) is 18.9 Å². The van der Waals surface area contributed by atoms with Gasteiger partial charge < -0.3 is 10.1 Å². The van der Waals surface area contributed by atoms with Crippen LogP contribution in [0.15, 0.2) is 18.2 Å². The average molecular weight is 308 g/mol. The van der Waals surface area contributed by atoms with Crippen molar-refractivity contribution >= 4 is 11.8 Å². The van der Waals surface area contributed by atoms with Gasteiger partial charge in [-0.3, -0.25) is 0 Å². The predicted molar refractivity (Wildman–Crippen MR) is 93.3 cm³/mol. The molecule has 0 saturated heterocycles. The van der Waals surface area contributed by atoms with Gasteiger partial charge in [0.1, 0.15) is 5.75 Å². The number of ether oxygens (including phenoxy) is 1. The van der Waals surface area contributed by atoms with E-state index in [-0.39, 0.29) is 0 Å². The van der Waals surface area contributed by atoms with Crippen LogP contribution in [0.1, 0.15) is 63.1 Å². The molecule has 3 heteroatoms. The second-order valence-electron chi connectivity index (χ2n) is 5.88. The summed E-state index contributed by atoms with van der Waals surface area (Å²) in [6.45, 7) is 5.00. The van der Waals surface area contributed by atoms with Gasteiger partial charge in [-0.1, -0.05) is 25.3 Å². The Hall–Kier alpha value is -0.670. The van der Waals surface area contributed by atoms with Crippen LogP contribution in [0.5, 0.6) is 5.75 Å². The molecule has 1 atom stereocenters. The van der Waals surface area contributed by atoms with Crippen LogP contribution < -0.4 is 10.1 Å². The minimum absolute atomic E-state index is 0.388. The van der Waals surface area contributed by atoms with E-state index >= 15 is 0 Å². The van der Waals surface area contributed by atoms with Crippen molar-refractivity contribution < 1.29 is 4.74 Å². The zero-order valence-electron chi connectivity index (χ0n) is 13.7. The van der Waals surface area contributed by atoms with E-state index in [1.165, 1.54) is 43.2 Å². The van der Waals surface area contributed by atoms with Gasteiger partial charge in [-0.15, -0.1) is 0 Å². The second kappa shape index (κ2) is 8.70. The summed E-state index contributed by atoms with van der Waals surface area (Å²) in [6, 6.07) is 7.03. The first-order chi connectivity index (χ1) is 10.2. The molecule has 0 aliphatic heterocycles. The van der Waals surface area contributed by atoms with E-state index in [2.05, 4.69) is 49.1 Å². The zero-order chi connectivity index (χ0) is 15.1. The molecule has 1 aliphatic carbocycles. The molecule has 1 unspecified atom stereocenters. The molecule has 0 bridgehead atoms. The fraction of sp³-hybridized carbons (Fsp3) is 0.667. The molecule has 2 rings (SSSR count). The highest BCUT2D eigenvalue weighted by atomic mass is 32.2. The summed E-state index contributed by atoms with van der Waals surface area (Å²) in [7, 11) is 2.01. The van der Waals surface area contributed by atoms with Crippen molar-refractivity contribution in [2.75, 3.05) is 13.7 Å². The van der Waals surface area contributed by atoms with Gasteiger partial charge in [-0.2, -0.15) is 11.8 Å².